The molecular formula is C14H14ClF3N2O4S. The van der Waals surface area contributed by atoms with E-state index in [9.17, 15) is 23.2 Å². The van der Waals surface area contributed by atoms with Crippen LogP contribution in [0.25, 0.3) is 0 Å². The molecule has 0 spiro atoms. The average Bonchev–Trinajstić information content (AvgIpc) is 2.53. The lowest BCUT2D eigenvalue weighted by atomic mass is 10.1. The fourth-order valence-corrected chi connectivity index (χ4v) is 2.39. The number of hydroxylamine groups is 1. The third kappa shape index (κ3) is 6.22. The molecule has 0 aliphatic rings. The molecule has 0 aliphatic heterocycles. The molecule has 6 nitrogen and oxygen atoms in total. The lowest BCUT2D eigenvalue weighted by molar-refractivity contribution is -0.399. The van der Waals surface area contributed by atoms with Crippen molar-refractivity contribution >= 4 is 36.3 Å². The Labute approximate surface area is 151 Å². The number of carbonyl (C=O) groups is 1. The van der Waals surface area contributed by atoms with Crippen molar-refractivity contribution in [2.75, 3.05) is 13.7 Å². The second-order valence-electron chi connectivity index (χ2n) is 4.63. The van der Waals surface area contributed by atoms with Gasteiger partial charge in [0, 0.05) is 12.3 Å². The van der Waals surface area contributed by atoms with Crippen LogP contribution in [0.1, 0.15) is 12.5 Å². The minimum Gasteiger partial charge on any atom is -0.619 e. The number of halogens is 4. The van der Waals surface area contributed by atoms with Gasteiger partial charge in [0.25, 0.3) is 0 Å². The highest BCUT2D eigenvalue weighted by Gasteiger charge is 2.31. The van der Waals surface area contributed by atoms with E-state index < -0.39 is 23.6 Å². The fraction of sp³-hybridized carbons (Fsp3) is 0.357. The molecule has 1 heterocycles. The maximum atomic E-state index is 12.5. The normalized spacial score (nSPS) is 13.4. The third-order valence-electron chi connectivity index (χ3n) is 2.92. The van der Waals surface area contributed by atoms with E-state index in [1.54, 1.807) is 0 Å². The standard InChI is InChI=1S/C14H14ClF3N2O4S/c1-8(13(21)23-3)11(20(2)22)4-5-24-25-12-10(15)6-9(7-19-12)14(16,17)18/h4,6-8H,2,5H2,1,3H3/b11-4+. The van der Waals surface area contributed by atoms with Crippen LogP contribution in [-0.2, 0) is 19.9 Å². The van der Waals surface area contributed by atoms with Gasteiger partial charge in [-0.3, -0.25) is 4.79 Å². The summed E-state index contributed by atoms with van der Waals surface area (Å²) in [4.78, 5) is 15.0. The van der Waals surface area contributed by atoms with E-state index in [0.717, 1.165) is 6.07 Å². The summed E-state index contributed by atoms with van der Waals surface area (Å²) >= 11 is 6.36. The molecule has 1 aromatic heterocycles. The molecule has 0 fully saturated rings. The van der Waals surface area contributed by atoms with Crippen molar-refractivity contribution in [1.82, 2.24) is 4.98 Å². The molecule has 0 aliphatic carbocycles. The number of aromatic nitrogens is 1. The lowest BCUT2D eigenvalue weighted by Crippen LogP contribution is -2.20. The quantitative estimate of drug-likeness (QED) is 0.133. The number of hydrogen-bond acceptors (Lipinski definition) is 6. The lowest BCUT2D eigenvalue weighted by Gasteiger charge is -2.12. The Morgan fingerprint density at radius 2 is 2.24 bits per heavy atom. The Kier molecular flexibility index (Phi) is 7.71. The van der Waals surface area contributed by atoms with Crippen molar-refractivity contribution in [1.29, 1.82) is 0 Å². The van der Waals surface area contributed by atoms with E-state index >= 15 is 0 Å². The monoisotopic (exact) mass is 398 g/mol. The Morgan fingerprint density at radius 3 is 2.72 bits per heavy atom. The van der Waals surface area contributed by atoms with Crippen LogP contribution < -0.4 is 0 Å². The predicted octanol–water partition coefficient (Wildman–Crippen LogP) is 3.68. The maximum absolute atomic E-state index is 12.5. The summed E-state index contributed by atoms with van der Waals surface area (Å²) in [6.45, 7) is 4.47. The molecule has 1 unspecified atom stereocenters. The Hall–Kier alpha value is -1.78. The number of esters is 1. The zero-order valence-corrected chi connectivity index (χ0v) is 14.7. The van der Waals surface area contributed by atoms with E-state index in [4.69, 9.17) is 15.8 Å². The summed E-state index contributed by atoms with van der Waals surface area (Å²) in [5.74, 6) is -1.49. The van der Waals surface area contributed by atoms with Crippen molar-refractivity contribution in [3.05, 3.63) is 39.8 Å². The molecular weight excluding hydrogens is 385 g/mol. The van der Waals surface area contributed by atoms with Crippen molar-refractivity contribution in [2.24, 2.45) is 5.92 Å². The number of carbonyl (C=O) groups excluding carboxylic acids is 1. The summed E-state index contributed by atoms with van der Waals surface area (Å²) in [5, 5.41) is 11.2. The van der Waals surface area contributed by atoms with Crippen molar-refractivity contribution in [3.63, 3.8) is 0 Å². The number of nitrogens with zero attached hydrogens (tertiary/aromatic N) is 2. The molecule has 0 saturated heterocycles. The molecule has 11 heteroatoms. The number of ether oxygens (including phenoxy) is 1. The van der Waals surface area contributed by atoms with Gasteiger partial charge in [-0.1, -0.05) is 11.6 Å². The first-order valence-electron chi connectivity index (χ1n) is 6.65. The fourth-order valence-electron chi connectivity index (χ4n) is 1.64. The molecule has 1 rings (SSSR count). The van der Waals surface area contributed by atoms with E-state index in [2.05, 4.69) is 16.4 Å². The minimum atomic E-state index is -4.55. The van der Waals surface area contributed by atoms with Crippen LogP contribution in [0.3, 0.4) is 0 Å². The van der Waals surface area contributed by atoms with Gasteiger partial charge in [0.1, 0.15) is 17.7 Å². The molecule has 1 aromatic rings. The molecule has 1 atom stereocenters. The number of pyridine rings is 1. The van der Waals surface area contributed by atoms with Gasteiger partial charge in [0.05, 0.1) is 36.3 Å². The minimum absolute atomic E-state index is 0.0129. The van der Waals surface area contributed by atoms with Crippen LogP contribution in [-0.4, -0.2) is 36.1 Å². The Balaban J connectivity index is 2.73. The zero-order chi connectivity index (χ0) is 19.2. The highest BCUT2D eigenvalue weighted by Crippen LogP contribution is 2.33. The van der Waals surface area contributed by atoms with E-state index in [1.807, 2.05) is 0 Å². The smallest absolute Gasteiger partial charge is 0.417 e. The highest BCUT2D eigenvalue weighted by molar-refractivity contribution is 7.94. The number of hydrogen-bond donors (Lipinski definition) is 0. The summed E-state index contributed by atoms with van der Waals surface area (Å²) in [7, 11) is 1.18. The molecule has 0 bridgehead atoms. The van der Waals surface area contributed by atoms with Gasteiger partial charge >= 0.3 is 12.1 Å². The summed E-state index contributed by atoms with van der Waals surface area (Å²) in [5.41, 5.74) is -0.964. The third-order valence-corrected chi connectivity index (χ3v) is 4.06. The summed E-state index contributed by atoms with van der Waals surface area (Å²) in [6, 6.07) is 0.732. The first kappa shape index (κ1) is 21.3. The van der Waals surface area contributed by atoms with Crippen LogP contribution in [0.5, 0.6) is 0 Å². The van der Waals surface area contributed by atoms with Crippen LogP contribution in [0.4, 0.5) is 13.2 Å². The van der Waals surface area contributed by atoms with Crippen molar-refractivity contribution in [3.8, 4) is 0 Å². The topological polar surface area (TPSA) is 74.5 Å². The molecule has 0 radical (unpaired) electrons. The first-order valence-corrected chi connectivity index (χ1v) is 7.77. The van der Waals surface area contributed by atoms with E-state index in [1.165, 1.54) is 20.1 Å². The second-order valence-corrected chi connectivity index (χ2v) is 5.83. The second kappa shape index (κ2) is 9.07. The van der Waals surface area contributed by atoms with Gasteiger partial charge < -0.3 is 14.1 Å². The van der Waals surface area contributed by atoms with Crippen LogP contribution in [0, 0.1) is 11.1 Å². The molecule has 0 amide bonds. The van der Waals surface area contributed by atoms with Gasteiger partial charge in [-0.15, -0.1) is 0 Å². The van der Waals surface area contributed by atoms with Gasteiger partial charge in [0.2, 0.25) is 5.70 Å². The number of rotatable bonds is 7. The molecule has 0 aromatic carbocycles. The molecule has 138 valence electrons. The molecule has 25 heavy (non-hydrogen) atoms. The number of alkyl halides is 3. The van der Waals surface area contributed by atoms with Crippen LogP contribution in [0.2, 0.25) is 5.02 Å². The summed E-state index contributed by atoms with van der Waals surface area (Å²) < 4.78 is 47.5. The van der Waals surface area contributed by atoms with Crippen molar-refractivity contribution < 1.29 is 31.6 Å². The largest absolute Gasteiger partial charge is 0.619 e. The molecule has 0 saturated carbocycles. The van der Waals surface area contributed by atoms with Crippen LogP contribution in [0.15, 0.2) is 29.1 Å². The predicted molar refractivity (Wildman–Crippen MR) is 86.1 cm³/mol. The zero-order valence-electron chi connectivity index (χ0n) is 13.2. The Bertz CT molecular complexity index is 683. The summed E-state index contributed by atoms with van der Waals surface area (Å²) in [6.07, 6.45) is -2.62. The van der Waals surface area contributed by atoms with Crippen LogP contribution >= 0.6 is 23.6 Å². The van der Waals surface area contributed by atoms with E-state index in [0.29, 0.717) is 18.2 Å². The number of methoxy groups -OCH3 is 1. The maximum Gasteiger partial charge on any atom is 0.417 e. The Morgan fingerprint density at radius 1 is 1.60 bits per heavy atom. The van der Waals surface area contributed by atoms with Gasteiger partial charge in [-0.05, 0) is 13.0 Å². The van der Waals surface area contributed by atoms with Gasteiger partial charge in [-0.2, -0.15) is 17.9 Å². The van der Waals surface area contributed by atoms with E-state index in [-0.39, 0.29) is 27.1 Å². The van der Waals surface area contributed by atoms with Crippen molar-refractivity contribution in [2.45, 2.75) is 18.1 Å². The average molecular weight is 399 g/mol. The molecule has 0 N–H and O–H groups in total. The SMILES string of the molecule is C=[N+]([O-])/C(=C/COSc1ncc(C(F)(F)F)cc1Cl)C(C)C(=O)OC. The van der Waals surface area contributed by atoms with Gasteiger partial charge in [-0.25, -0.2) is 4.98 Å². The first-order chi connectivity index (χ1) is 11.6. The highest BCUT2D eigenvalue weighted by atomic mass is 35.5. The van der Waals surface area contributed by atoms with Gasteiger partial charge in [0.15, 0.2) is 0 Å².